The van der Waals surface area contributed by atoms with Gasteiger partial charge in [-0.3, -0.25) is 0 Å². The van der Waals surface area contributed by atoms with Gasteiger partial charge in [0, 0.05) is 11.1 Å². The average molecular weight is 303 g/mol. The first-order valence-corrected chi connectivity index (χ1v) is 6.10. The largest absolute Gasteiger partial charge is 0.488 e. The van der Waals surface area contributed by atoms with E-state index < -0.39 is 5.97 Å². The van der Waals surface area contributed by atoms with Gasteiger partial charge < -0.3 is 14.6 Å². The molecule has 0 saturated carbocycles. The van der Waals surface area contributed by atoms with Crippen molar-refractivity contribution in [2.45, 2.75) is 20.0 Å². The zero-order valence-corrected chi connectivity index (χ0v) is 11.4. The van der Waals surface area contributed by atoms with Crippen LogP contribution in [0, 0.1) is 0 Å². The molecule has 17 heavy (non-hydrogen) atoms. The van der Waals surface area contributed by atoms with Crippen molar-refractivity contribution in [3.8, 4) is 5.75 Å². The lowest BCUT2D eigenvalue weighted by Gasteiger charge is -2.15. The Morgan fingerprint density at radius 1 is 1.47 bits per heavy atom. The first kappa shape index (κ1) is 14.0. The second kappa shape index (κ2) is 6.61. The normalized spacial score (nSPS) is 12.2. The lowest BCUT2D eigenvalue weighted by atomic mass is 10.2. The Kier molecular flexibility index (Phi) is 5.44. The van der Waals surface area contributed by atoms with Crippen molar-refractivity contribution in [2.24, 2.45) is 0 Å². The van der Waals surface area contributed by atoms with E-state index in [1.807, 2.05) is 13.8 Å². The monoisotopic (exact) mass is 302 g/mol. The molecule has 5 heteroatoms. The number of hydrogen-bond acceptors (Lipinski definition) is 3. The van der Waals surface area contributed by atoms with Gasteiger partial charge in [-0.25, -0.2) is 4.79 Å². The SMILES string of the molecule is CCOCC(C)Oc1cc(Br)cc(C(=O)O)c1. The molecule has 0 heterocycles. The summed E-state index contributed by atoms with van der Waals surface area (Å²) in [5, 5.41) is 8.91. The van der Waals surface area contributed by atoms with Gasteiger partial charge in [0.2, 0.25) is 0 Å². The van der Waals surface area contributed by atoms with Gasteiger partial charge in [0.1, 0.15) is 11.9 Å². The molecule has 0 saturated heterocycles. The number of benzene rings is 1. The van der Waals surface area contributed by atoms with Gasteiger partial charge in [-0.05, 0) is 32.0 Å². The third-order valence-corrected chi connectivity index (χ3v) is 2.47. The Bertz CT molecular complexity index is 392. The smallest absolute Gasteiger partial charge is 0.335 e. The van der Waals surface area contributed by atoms with Crippen LogP contribution in [0.4, 0.5) is 0 Å². The van der Waals surface area contributed by atoms with Gasteiger partial charge in [0.05, 0.1) is 12.2 Å². The van der Waals surface area contributed by atoms with E-state index in [4.69, 9.17) is 14.6 Å². The Balaban J connectivity index is 2.73. The summed E-state index contributed by atoms with van der Waals surface area (Å²) in [7, 11) is 0. The van der Waals surface area contributed by atoms with Crippen LogP contribution < -0.4 is 4.74 Å². The number of aromatic carboxylic acids is 1. The molecular formula is C12H15BrO4. The minimum atomic E-state index is -0.978. The van der Waals surface area contributed by atoms with E-state index in [-0.39, 0.29) is 11.7 Å². The summed E-state index contributed by atoms with van der Waals surface area (Å²) in [6.07, 6.45) is -0.120. The van der Waals surface area contributed by atoms with Crippen molar-refractivity contribution in [1.29, 1.82) is 0 Å². The fourth-order valence-electron chi connectivity index (χ4n) is 1.30. The van der Waals surface area contributed by atoms with Crippen LogP contribution in [0.25, 0.3) is 0 Å². The van der Waals surface area contributed by atoms with Crippen LogP contribution in [0.3, 0.4) is 0 Å². The van der Waals surface area contributed by atoms with Crippen molar-refractivity contribution >= 4 is 21.9 Å². The Hall–Kier alpha value is -1.07. The molecule has 0 aliphatic carbocycles. The third kappa shape index (κ3) is 4.75. The molecule has 4 nitrogen and oxygen atoms in total. The van der Waals surface area contributed by atoms with Crippen LogP contribution in [0.1, 0.15) is 24.2 Å². The molecule has 0 aromatic heterocycles. The van der Waals surface area contributed by atoms with Gasteiger partial charge in [0.15, 0.2) is 0 Å². The summed E-state index contributed by atoms with van der Waals surface area (Å²) in [6.45, 7) is 4.89. The molecule has 0 aliphatic heterocycles. The second-order valence-corrected chi connectivity index (χ2v) is 4.48. The van der Waals surface area contributed by atoms with Crippen molar-refractivity contribution < 1.29 is 19.4 Å². The summed E-state index contributed by atoms with van der Waals surface area (Å²) in [6, 6.07) is 4.76. The zero-order chi connectivity index (χ0) is 12.8. The van der Waals surface area contributed by atoms with Gasteiger partial charge in [-0.15, -0.1) is 0 Å². The number of hydrogen-bond donors (Lipinski definition) is 1. The van der Waals surface area contributed by atoms with Gasteiger partial charge in [-0.1, -0.05) is 15.9 Å². The molecule has 1 unspecified atom stereocenters. The average Bonchev–Trinajstić information content (AvgIpc) is 2.25. The Morgan fingerprint density at radius 3 is 2.76 bits per heavy atom. The Morgan fingerprint density at radius 2 is 2.18 bits per heavy atom. The number of ether oxygens (including phenoxy) is 2. The number of carboxylic acids is 1. The number of halogens is 1. The maximum Gasteiger partial charge on any atom is 0.335 e. The zero-order valence-electron chi connectivity index (χ0n) is 9.77. The fourth-order valence-corrected chi connectivity index (χ4v) is 1.78. The number of rotatable bonds is 6. The van der Waals surface area contributed by atoms with Crippen molar-refractivity contribution in [2.75, 3.05) is 13.2 Å². The highest BCUT2D eigenvalue weighted by atomic mass is 79.9. The van der Waals surface area contributed by atoms with Crippen LogP contribution in [0.2, 0.25) is 0 Å². The predicted octanol–water partition coefficient (Wildman–Crippen LogP) is 2.95. The van der Waals surface area contributed by atoms with E-state index >= 15 is 0 Å². The van der Waals surface area contributed by atoms with Gasteiger partial charge in [0.25, 0.3) is 0 Å². The highest BCUT2D eigenvalue weighted by Gasteiger charge is 2.09. The fraction of sp³-hybridized carbons (Fsp3) is 0.417. The first-order chi connectivity index (χ1) is 8.02. The maximum atomic E-state index is 10.9. The molecule has 1 rings (SSSR count). The summed E-state index contributed by atoms with van der Waals surface area (Å²) < 4.78 is 11.5. The number of carbonyl (C=O) groups is 1. The summed E-state index contributed by atoms with van der Waals surface area (Å²) in [4.78, 5) is 10.9. The highest BCUT2D eigenvalue weighted by Crippen LogP contribution is 2.22. The molecule has 94 valence electrons. The van der Waals surface area contributed by atoms with Crippen LogP contribution in [-0.4, -0.2) is 30.4 Å². The third-order valence-electron chi connectivity index (χ3n) is 2.01. The van der Waals surface area contributed by atoms with Crippen LogP contribution in [0.15, 0.2) is 22.7 Å². The van der Waals surface area contributed by atoms with Crippen LogP contribution in [-0.2, 0) is 4.74 Å². The van der Waals surface area contributed by atoms with E-state index in [1.165, 1.54) is 12.1 Å². The Labute approximate surface area is 109 Å². The first-order valence-electron chi connectivity index (χ1n) is 5.31. The van der Waals surface area contributed by atoms with Crippen molar-refractivity contribution in [1.82, 2.24) is 0 Å². The van der Waals surface area contributed by atoms with Crippen LogP contribution >= 0.6 is 15.9 Å². The van der Waals surface area contributed by atoms with E-state index in [0.717, 1.165) is 0 Å². The minimum Gasteiger partial charge on any atom is -0.488 e. The van der Waals surface area contributed by atoms with E-state index in [1.54, 1.807) is 6.07 Å². The maximum absolute atomic E-state index is 10.9. The molecule has 0 fully saturated rings. The van der Waals surface area contributed by atoms with Gasteiger partial charge >= 0.3 is 5.97 Å². The van der Waals surface area contributed by atoms with Crippen molar-refractivity contribution in [3.05, 3.63) is 28.2 Å². The molecule has 1 atom stereocenters. The molecular weight excluding hydrogens is 288 g/mol. The molecule has 0 spiro atoms. The molecule has 0 amide bonds. The number of carboxylic acid groups (broad SMARTS) is 1. The molecule has 0 aliphatic rings. The van der Waals surface area contributed by atoms with Crippen molar-refractivity contribution in [3.63, 3.8) is 0 Å². The topological polar surface area (TPSA) is 55.8 Å². The van der Waals surface area contributed by atoms with Crippen LogP contribution in [0.5, 0.6) is 5.75 Å². The second-order valence-electron chi connectivity index (χ2n) is 3.57. The quantitative estimate of drug-likeness (QED) is 0.878. The summed E-state index contributed by atoms with van der Waals surface area (Å²) in [5.74, 6) is -0.461. The summed E-state index contributed by atoms with van der Waals surface area (Å²) in [5.41, 5.74) is 0.193. The molecule has 0 radical (unpaired) electrons. The highest BCUT2D eigenvalue weighted by molar-refractivity contribution is 9.10. The lowest BCUT2D eigenvalue weighted by Crippen LogP contribution is -2.19. The van der Waals surface area contributed by atoms with E-state index in [9.17, 15) is 4.79 Å². The molecule has 1 aromatic rings. The molecule has 1 N–H and O–H groups in total. The molecule has 0 bridgehead atoms. The standard InChI is InChI=1S/C12H15BrO4/c1-3-16-7-8(2)17-11-5-9(12(14)15)4-10(13)6-11/h4-6,8H,3,7H2,1-2H3,(H,14,15). The molecule has 1 aromatic carbocycles. The van der Waals surface area contributed by atoms with Gasteiger partial charge in [-0.2, -0.15) is 0 Å². The van der Waals surface area contributed by atoms with E-state index in [0.29, 0.717) is 23.4 Å². The predicted molar refractivity (Wildman–Crippen MR) is 67.7 cm³/mol. The minimum absolute atomic E-state index is 0.120. The van der Waals surface area contributed by atoms with E-state index in [2.05, 4.69) is 15.9 Å². The lowest BCUT2D eigenvalue weighted by molar-refractivity contribution is 0.0649. The summed E-state index contributed by atoms with van der Waals surface area (Å²) >= 11 is 3.25.